The molecule has 2 aliphatic rings. The van der Waals surface area contributed by atoms with E-state index in [2.05, 4.69) is 4.74 Å². The molecule has 0 aliphatic carbocycles. The zero-order valence-electron chi connectivity index (χ0n) is 12.0. The number of morpholine rings is 1. The SMILES string of the molecule is O=C(O)[C@H]1CN(c2cc(F)c(N3CCOCC3)c(F)c2)C(=O)O1. The van der Waals surface area contributed by atoms with E-state index in [0.717, 1.165) is 17.0 Å². The lowest BCUT2D eigenvalue weighted by Gasteiger charge is -2.29. The van der Waals surface area contributed by atoms with E-state index in [9.17, 15) is 18.4 Å². The van der Waals surface area contributed by atoms with Gasteiger partial charge < -0.3 is 19.5 Å². The molecule has 1 aromatic carbocycles. The number of cyclic esters (lactones) is 1. The minimum Gasteiger partial charge on any atom is -0.478 e. The van der Waals surface area contributed by atoms with E-state index in [0.29, 0.717) is 26.3 Å². The Morgan fingerprint density at radius 1 is 1.22 bits per heavy atom. The van der Waals surface area contributed by atoms with E-state index >= 15 is 0 Å². The summed E-state index contributed by atoms with van der Waals surface area (Å²) in [7, 11) is 0. The lowest BCUT2D eigenvalue weighted by Crippen LogP contribution is -2.37. The molecule has 1 atom stereocenters. The monoisotopic (exact) mass is 328 g/mol. The number of carboxylic acid groups (broad SMARTS) is 1. The van der Waals surface area contributed by atoms with Crippen molar-refractivity contribution < 1.29 is 33.0 Å². The maximum atomic E-state index is 14.3. The first kappa shape index (κ1) is 15.5. The number of hydrogen-bond acceptors (Lipinski definition) is 5. The molecule has 3 rings (SSSR count). The molecule has 0 radical (unpaired) electrons. The number of hydrogen-bond donors (Lipinski definition) is 1. The van der Waals surface area contributed by atoms with Crippen molar-refractivity contribution in [1.82, 2.24) is 0 Å². The Bertz CT molecular complexity index is 625. The summed E-state index contributed by atoms with van der Waals surface area (Å²) in [6, 6.07) is 2.00. The molecule has 23 heavy (non-hydrogen) atoms. The van der Waals surface area contributed by atoms with Crippen LogP contribution in [0, 0.1) is 11.6 Å². The van der Waals surface area contributed by atoms with Crippen LogP contribution < -0.4 is 9.80 Å². The molecule has 2 fully saturated rings. The molecule has 2 saturated heterocycles. The quantitative estimate of drug-likeness (QED) is 0.898. The summed E-state index contributed by atoms with van der Waals surface area (Å²) in [6.45, 7) is 1.17. The summed E-state index contributed by atoms with van der Waals surface area (Å²) < 4.78 is 38.4. The van der Waals surface area contributed by atoms with Crippen molar-refractivity contribution >= 4 is 23.4 Å². The van der Waals surface area contributed by atoms with Crippen molar-refractivity contribution in [2.75, 3.05) is 42.6 Å². The molecule has 0 aromatic heterocycles. The number of aliphatic carboxylic acids is 1. The predicted molar refractivity (Wildman–Crippen MR) is 74.6 cm³/mol. The van der Waals surface area contributed by atoms with Crippen LogP contribution in [0.5, 0.6) is 0 Å². The van der Waals surface area contributed by atoms with Crippen molar-refractivity contribution in [2.45, 2.75) is 6.10 Å². The average Bonchev–Trinajstić information content (AvgIpc) is 2.90. The second-order valence-corrected chi connectivity index (χ2v) is 5.18. The minimum atomic E-state index is -1.35. The first-order chi connectivity index (χ1) is 11.0. The third kappa shape index (κ3) is 2.91. The van der Waals surface area contributed by atoms with Crippen molar-refractivity contribution in [3.8, 4) is 0 Å². The average molecular weight is 328 g/mol. The van der Waals surface area contributed by atoms with Gasteiger partial charge in [-0.25, -0.2) is 18.4 Å². The van der Waals surface area contributed by atoms with Gasteiger partial charge in [-0.1, -0.05) is 0 Å². The number of nitrogens with zero attached hydrogens (tertiary/aromatic N) is 2. The molecule has 2 heterocycles. The van der Waals surface area contributed by atoms with Crippen LogP contribution >= 0.6 is 0 Å². The first-order valence-electron chi connectivity index (χ1n) is 7.00. The fourth-order valence-electron chi connectivity index (χ4n) is 2.60. The Morgan fingerprint density at radius 3 is 2.35 bits per heavy atom. The van der Waals surface area contributed by atoms with Crippen molar-refractivity contribution in [2.24, 2.45) is 0 Å². The first-order valence-corrected chi connectivity index (χ1v) is 7.00. The Morgan fingerprint density at radius 2 is 1.83 bits per heavy atom. The molecule has 124 valence electrons. The number of carbonyl (C=O) groups excluding carboxylic acids is 1. The minimum absolute atomic E-state index is 0.0780. The molecule has 2 aliphatic heterocycles. The van der Waals surface area contributed by atoms with Gasteiger partial charge in [0.2, 0.25) is 6.10 Å². The summed E-state index contributed by atoms with van der Waals surface area (Å²) in [6.07, 6.45) is -2.30. The van der Waals surface area contributed by atoms with Gasteiger partial charge in [-0.2, -0.15) is 0 Å². The second kappa shape index (κ2) is 5.99. The lowest BCUT2D eigenvalue weighted by atomic mass is 10.2. The van der Waals surface area contributed by atoms with Crippen molar-refractivity contribution in [3.05, 3.63) is 23.8 Å². The van der Waals surface area contributed by atoms with Crippen LogP contribution in [0.1, 0.15) is 0 Å². The van der Waals surface area contributed by atoms with Gasteiger partial charge in [0.25, 0.3) is 0 Å². The van der Waals surface area contributed by atoms with Crippen molar-refractivity contribution in [3.63, 3.8) is 0 Å². The highest BCUT2D eigenvalue weighted by Gasteiger charge is 2.37. The van der Waals surface area contributed by atoms with Crippen LogP contribution in [0.25, 0.3) is 0 Å². The molecular weight excluding hydrogens is 314 g/mol. The van der Waals surface area contributed by atoms with Gasteiger partial charge in [0.05, 0.1) is 25.4 Å². The van der Waals surface area contributed by atoms with Gasteiger partial charge in [0, 0.05) is 25.2 Å². The number of anilines is 2. The summed E-state index contributed by atoms with van der Waals surface area (Å²) in [5, 5.41) is 8.85. The Hall–Kier alpha value is -2.42. The van der Waals surface area contributed by atoms with E-state index in [4.69, 9.17) is 9.84 Å². The number of benzene rings is 1. The highest BCUT2D eigenvalue weighted by molar-refractivity contribution is 5.94. The standard InChI is InChI=1S/C14H14F2N2O5/c15-9-5-8(18-7-11(13(19)20)23-14(18)21)6-10(16)12(9)17-1-3-22-4-2-17/h5-6,11H,1-4,7H2,(H,19,20)/t11-/m1/s1. The number of ether oxygens (including phenoxy) is 2. The number of rotatable bonds is 3. The van der Waals surface area contributed by atoms with Crippen molar-refractivity contribution in [1.29, 1.82) is 0 Å². The predicted octanol–water partition coefficient (Wildman–Crippen LogP) is 1.21. The Kier molecular flexibility index (Phi) is 4.03. The molecule has 1 N–H and O–H groups in total. The third-order valence-electron chi connectivity index (χ3n) is 3.73. The van der Waals surface area contributed by atoms with Gasteiger partial charge in [0.1, 0.15) is 5.69 Å². The highest BCUT2D eigenvalue weighted by Crippen LogP contribution is 2.31. The molecule has 9 heteroatoms. The summed E-state index contributed by atoms with van der Waals surface area (Å²) in [4.78, 5) is 24.9. The fraction of sp³-hybridized carbons (Fsp3) is 0.429. The van der Waals surface area contributed by atoms with Crippen LogP contribution in [-0.4, -0.2) is 56.1 Å². The zero-order chi connectivity index (χ0) is 16.6. The molecule has 0 spiro atoms. The third-order valence-corrected chi connectivity index (χ3v) is 3.73. The maximum absolute atomic E-state index is 14.3. The number of carbonyl (C=O) groups is 2. The van der Waals surface area contributed by atoms with Gasteiger partial charge >= 0.3 is 12.1 Å². The lowest BCUT2D eigenvalue weighted by molar-refractivity contribution is -0.144. The van der Waals surface area contributed by atoms with Crippen LogP contribution in [0.3, 0.4) is 0 Å². The van der Waals surface area contributed by atoms with E-state index in [1.807, 2.05) is 0 Å². The molecule has 1 amide bonds. The van der Waals surface area contributed by atoms with E-state index in [1.54, 1.807) is 0 Å². The van der Waals surface area contributed by atoms with Crippen LogP contribution in [0.15, 0.2) is 12.1 Å². The number of halogens is 2. The summed E-state index contributed by atoms with van der Waals surface area (Å²) in [5.74, 6) is -2.96. The van der Waals surface area contributed by atoms with E-state index in [1.165, 1.54) is 4.90 Å². The molecular formula is C14H14F2N2O5. The van der Waals surface area contributed by atoms with Crippen LogP contribution in [-0.2, 0) is 14.3 Å². The van der Waals surface area contributed by atoms with Gasteiger partial charge in [-0.3, -0.25) is 4.90 Å². The van der Waals surface area contributed by atoms with Gasteiger partial charge in [-0.15, -0.1) is 0 Å². The van der Waals surface area contributed by atoms with Crippen LogP contribution in [0.4, 0.5) is 25.0 Å². The second-order valence-electron chi connectivity index (χ2n) is 5.18. The largest absolute Gasteiger partial charge is 0.478 e. The van der Waals surface area contributed by atoms with Gasteiger partial charge in [-0.05, 0) is 0 Å². The topological polar surface area (TPSA) is 79.3 Å². The molecule has 0 saturated carbocycles. The van der Waals surface area contributed by atoms with Gasteiger partial charge in [0.15, 0.2) is 11.6 Å². The fourth-order valence-corrected chi connectivity index (χ4v) is 2.60. The molecule has 0 bridgehead atoms. The molecule has 1 aromatic rings. The van der Waals surface area contributed by atoms with Crippen LogP contribution in [0.2, 0.25) is 0 Å². The molecule has 0 unspecified atom stereocenters. The number of amides is 1. The Labute approximate surface area is 130 Å². The van der Waals surface area contributed by atoms with E-state index in [-0.39, 0.29) is 17.9 Å². The normalized spacial score (nSPS) is 21.5. The Balaban J connectivity index is 1.88. The number of carboxylic acids is 1. The van der Waals surface area contributed by atoms with E-state index < -0.39 is 29.8 Å². The summed E-state index contributed by atoms with van der Waals surface area (Å²) >= 11 is 0. The summed E-state index contributed by atoms with van der Waals surface area (Å²) in [5.41, 5.74) is -0.259. The zero-order valence-corrected chi connectivity index (χ0v) is 12.0. The smallest absolute Gasteiger partial charge is 0.415 e. The maximum Gasteiger partial charge on any atom is 0.415 e. The highest BCUT2D eigenvalue weighted by atomic mass is 19.1. The molecule has 7 nitrogen and oxygen atoms in total.